The molecule has 14 heavy (non-hydrogen) atoms. The van der Waals surface area contributed by atoms with Crippen molar-refractivity contribution in [1.82, 2.24) is 9.71 Å². The first-order chi connectivity index (χ1) is 6.49. The molecule has 0 saturated heterocycles. The summed E-state index contributed by atoms with van der Waals surface area (Å²) < 4.78 is 26.5. The third kappa shape index (κ3) is 2.96. The van der Waals surface area contributed by atoms with E-state index in [1.807, 2.05) is 0 Å². The number of aryl methyl sites for hydroxylation is 2. The molecule has 1 rings (SSSR count). The van der Waals surface area contributed by atoms with Crippen molar-refractivity contribution in [3.05, 3.63) is 10.7 Å². The number of nitrogens with one attached hydrogen (secondary N) is 1. The van der Waals surface area contributed by atoms with Gasteiger partial charge in [-0.2, -0.15) is 0 Å². The lowest BCUT2D eigenvalue weighted by Gasteiger charge is -1.98. The van der Waals surface area contributed by atoms with Crippen LogP contribution < -0.4 is 9.46 Å². The fourth-order valence-electron chi connectivity index (χ4n) is 0.789. The summed E-state index contributed by atoms with van der Waals surface area (Å²) in [7, 11) is -2.98. The zero-order valence-corrected chi connectivity index (χ0v) is 9.15. The van der Waals surface area contributed by atoms with E-state index in [4.69, 9.17) is 4.74 Å². The van der Waals surface area contributed by atoms with Gasteiger partial charge in [0.05, 0.1) is 10.7 Å². The van der Waals surface area contributed by atoms with E-state index in [1.165, 1.54) is 11.3 Å². The lowest BCUT2D eigenvalue weighted by atomic mass is 10.5. The number of aromatic nitrogens is 1. The minimum Gasteiger partial charge on any atom is -0.396 e. The predicted octanol–water partition coefficient (Wildman–Crippen LogP) is 0.375. The molecule has 0 spiro atoms. The highest BCUT2D eigenvalue weighted by Crippen LogP contribution is 2.25. The van der Waals surface area contributed by atoms with E-state index >= 15 is 0 Å². The molecule has 1 heterocycles. The summed E-state index contributed by atoms with van der Waals surface area (Å²) in [5.74, 6) is 0. The second kappa shape index (κ2) is 4.38. The molecule has 6 nitrogen and oxygen atoms in total. The quantitative estimate of drug-likeness (QED) is 0.725. The van der Waals surface area contributed by atoms with Crippen LogP contribution in [0.15, 0.2) is 0 Å². The molecule has 0 aliphatic heterocycles. The average molecular weight is 236 g/mol. The van der Waals surface area contributed by atoms with Gasteiger partial charge in [0.2, 0.25) is 16.0 Å². The van der Waals surface area contributed by atoms with Crippen molar-refractivity contribution in [1.29, 1.82) is 0 Å². The van der Waals surface area contributed by atoms with Crippen LogP contribution in [-0.2, 0) is 10.9 Å². The summed E-state index contributed by atoms with van der Waals surface area (Å²) in [6.07, 6.45) is -1.02. The van der Waals surface area contributed by atoms with Crippen LogP contribution in [0.25, 0.3) is 0 Å². The van der Waals surface area contributed by atoms with E-state index in [0.29, 0.717) is 10.8 Å². The smallest absolute Gasteiger partial charge is 0.396 e. The first-order valence-electron chi connectivity index (χ1n) is 3.56. The molecule has 8 heteroatoms. The van der Waals surface area contributed by atoms with Crippen LogP contribution in [0.5, 0.6) is 5.06 Å². The van der Waals surface area contributed by atoms with Gasteiger partial charge in [0, 0.05) is 0 Å². The Bertz CT molecular complexity index is 415. The van der Waals surface area contributed by atoms with Crippen molar-refractivity contribution in [3.8, 4) is 5.06 Å². The number of thiol groups is 1. The van der Waals surface area contributed by atoms with Gasteiger partial charge in [0.1, 0.15) is 0 Å². The minimum atomic E-state index is -2.98. The second-order valence-corrected chi connectivity index (χ2v) is 4.27. The van der Waals surface area contributed by atoms with Crippen molar-refractivity contribution < 1.29 is 17.9 Å². The summed E-state index contributed by atoms with van der Waals surface area (Å²) in [6.45, 7) is 3.43. The molecule has 0 saturated carbocycles. The monoisotopic (exact) mass is 236 g/mol. The summed E-state index contributed by atoms with van der Waals surface area (Å²) in [6, 6.07) is 0. The molecule has 1 amide bonds. The van der Waals surface area contributed by atoms with Gasteiger partial charge in [0.25, 0.3) is 0 Å². The van der Waals surface area contributed by atoms with Crippen LogP contribution >= 0.6 is 11.3 Å². The molecule has 0 atom stereocenters. The summed E-state index contributed by atoms with van der Waals surface area (Å²) in [5, 5.41) is 1.05. The normalized spacial score (nSPS) is 10.2. The van der Waals surface area contributed by atoms with Gasteiger partial charge in [-0.25, -0.2) is 22.9 Å². The van der Waals surface area contributed by atoms with Crippen LogP contribution in [0.1, 0.15) is 10.7 Å². The molecule has 0 aliphatic carbocycles. The van der Waals surface area contributed by atoms with Gasteiger partial charge in [-0.05, 0) is 13.8 Å². The number of hydrogen-bond acceptors (Lipinski definition) is 6. The maximum absolute atomic E-state index is 10.8. The Morgan fingerprint density at radius 3 is 2.57 bits per heavy atom. The minimum absolute atomic E-state index is 0.303. The Balaban J connectivity index is 2.69. The highest BCUT2D eigenvalue weighted by atomic mass is 32.2. The van der Waals surface area contributed by atoms with Gasteiger partial charge in [0.15, 0.2) is 0 Å². The second-order valence-electron chi connectivity index (χ2n) is 2.36. The van der Waals surface area contributed by atoms with Crippen molar-refractivity contribution in [3.63, 3.8) is 0 Å². The maximum Gasteiger partial charge on any atom is 0.427 e. The summed E-state index contributed by atoms with van der Waals surface area (Å²) in [4.78, 5) is 14.9. The molecule has 0 fully saturated rings. The topological polar surface area (TPSA) is 85.4 Å². The van der Waals surface area contributed by atoms with E-state index in [2.05, 4.69) is 4.98 Å². The largest absolute Gasteiger partial charge is 0.427 e. The first-order valence-corrected chi connectivity index (χ1v) is 5.55. The zero-order valence-electron chi connectivity index (χ0n) is 7.44. The fourth-order valence-corrected chi connectivity index (χ4v) is 1.75. The number of hydrogen-bond donors (Lipinski definition) is 2. The SMILES string of the molecule is Cc1nc(C)c(OC(=O)N[SH](=O)=O)s1. The Kier molecular flexibility index (Phi) is 3.42. The average Bonchev–Trinajstić information content (AvgIpc) is 2.28. The van der Waals surface area contributed by atoms with Crippen LogP contribution in [0.4, 0.5) is 4.79 Å². The molecule has 1 N–H and O–H groups in total. The molecule has 0 aromatic carbocycles. The van der Waals surface area contributed by atoms with Gasteiger partial charge >= 0.3 is 6.09 Å². The summed E-state index contributed by atoms with van der Waals surface area (Å²) in [5.41, 5.74) is 0.559. The Labute approximate surface area is 86.0 Å². The van der Waals surface area contributed by atoms with E-state index in [-0.39, 0.29) is 0 Å². The third-order valence-corrected chi connectivity index (χ3v) is 2.54. The third-order valence-electron chi connectivity index (χ3n) is 1.23. The maximum atomic E-state index is 10.8. The molecule has 0 bridgehead atoms. The van der Waals surface area contributed by atoms with E-state index < -0.39 is 17.0 Å². The number of rotatable bonds is 2. The van der Waals surface area contributed by atoms with Crippen molar-refractivity contribution in [2.24, 2.45) is 0 Å². The molecule has 0 aliphatic rings. The Morgan fingerprint density at radius 2 is 2.14 bits per heavy atom. The lowest BCUT2D eigenvalue weighted by Crippen LogP contribution is -2.24. The van der Waals surface area contributed by atoms with Crippen LogP contribution in [-0.4, -0.2) is 19.5 Å². The molecule has 1 aromatic rings. The lowest BCUT2D eigenvalue weighted by molar-refractivity contribution is 0.208. The molecule has 0 unspecified atom stereocenters. The predicted molar refractivity (Wildman–Crippen MR) is 51.1 cm³/mol. The molecule has 0 radical (unpaired) electrons. The van der Waals surface area contributed by atoms with Gasteiger partial charge < -0.3 is 4.74 Å². The number of nitrogens with zero attached hydrogens (tertiary/aromatic N) is 1. The van der Waals surface area contributed by atoms with Crippen LogP contribution in [0.3, 0.4) is 0 Å². The molecular weight excluding hydrogens is 228 g/mol. The fraction of sp³-hybridized carbons (Fsp3) is 0.333. The molecule has 78 valence electrons. The van der Waals surface area contributed by atoms with E-state index in [0.717, 1.165) is 5.01 Å². The van der Waals surface area contributed by atoms with Gasteiger partial charge in [-0.1, -0.05) is 11.3 Å². The number of carbonyl (C=O) groups is 1. The number of carbonyl (C=O) groups excluding carboxylic acids is 1. The number of thiazole rings is 1. The molecule has 1 aromatic heterocycles. The van der Waals surface area contributed by atoms with E-state index in [1.54, 1.807) is 18.6 Å². The standard InChI is InChI=1S/C6H8N2O4S2/c1-3-5(13-4(2)7-3)12-6(9)8-14(10)11/h14H,1-2H3,(H,8,9,10,11). The highest BCUT2D eigenvalue weighted by Gasteiger charge is 2.10. The van der Waals surface area contributed by atoms with Crippen molar-refractivity contribution in [2.75, 3.05) is 0 Å². The Hall–Kier alpha value is -1.15. The van der Waals surface area contributed by atoms with Gasteiger partial charge in [-0.3, -0.25) is 0 Å². The number of ether oxygens (including phenoxy) is 1. The van der Waals surface area contributed by atoms with Gasteiger partial charge in [-0.15, -0.1) is 0 Å². The zero-order chi connectivity index (χ0) is 10.7. The first kappa shape index (κ1) is 10.9. The van der Waals surface area contributed by atoms with E-state index in [9.17, 15) is 13.2 Å². The van der Waals surface area contributed by atoms with Crippen LogP contribution in [0.2, 0.25) is 0 Å². The highest BCUT2D eigenvalue weighted by molar-refractivity contribution is 7.70. The van der Waals surface area contributed by atoms with Crippen LogP contribution in [0, 0.1) is 13.8 Å². The number of amides is 1. The van der Waals surface area contributed by atoms with Crippen molar-refractivity contribution >= 4 is 28.3 Å². The summed E-state index contributed by atoms with van der Waals surface area (Å²) >= 11 is 1.18. The van der Waals surface area contributed by atoms with Crippen molar-refractivity contribution in [2.45, 2.75) is 13.8 Å². The Morgan fingerprint density at radius 1 is 1.50 bits per heavy atom. The molecular formula is C6H8N2O4S2.